The third kappa shape index (κ3) is 5.25. The summed E-state index contributed by atoms with van der Waals surface area (Å²) in [4.78, 5) is 17.3. The minimum Gasteiger partial charge on any atom is -0.495 e. The van der Waals surface area contributed by atoms with Gasteiger partial charge in [-0.2, -0.15) is 4.31 Å². The first kappa shape index (κ1) is 23.0. The third-order valence-electron chi connectivity index (χ3n) is 5.25. The number of hydrogen-bond donors (Lipinski definition) is 1. The molecule has 170 valence electrons. The Bertz CT molecular complexity index is 1170. The zero-order valence-electron chi connectivity index (χ0n) is 17.7. The summed E-state index contributed by atoms with van der Waals surface area (Å²) in [5.74, 6) is 0.321. The lowest BCUT2D eigenvalue weighted by atomic mass is 10.2. The highest BCUT2D eigenvalue weighted by Crippen LogP contribution is 2.32. The molecule has 0 atom stereocenters. The van der Waals surface area contributed by atoms with Gasteiger partial charge in [-0.15, -0.1) is 11.3 Å². The summed E-state index contributed by atoms with van der Waals surface area (Å²) in [6.07, 6.45) is 3.81. The van der Waals surface area contributed by atoms with E-state index < -0.39 is 10.0 Å². The molecule has 1 amide bonds. The standard InChI is InChI=1S/C22H25N3O4S3/c1-29-19-11-10-16(32(27,28)25-12-6-2-3-7-13-25)14-18(19)23-21(26)15-30-22-24-17-8-4-5-9-20(17)31-22/h4-5,8-11,14H,2-3,6-7,12-13,15H2,1H3,(H,23,26). The number of sulfonamides is 1. The Morgan fingerprint density at radius 1 is 1.16 bits per heavy atom. The van der Waals surface area contributed by atoms with Crippen LogP contribution < -0.4 is 10.1 Å². The normalized spacial score (nSPS) is 15.4. The van der Waals surface area contributed by atoms with Crippen LogP contribution in [0.2, 0.25) is 0 Å². The molecule has 4 rings (SSSR count). The second kappa shape index (κ2) is 10.2. The largest absolute Gasteiger partial charge is 0.495 e. The maximum atomic E-state index is 13.1. The molecule has 1 saturated heterocycles. The Hall–Kier alpha value is -2.14. The minimum absolute atomic E-state index is 0.159. The molecule has 2 aromatic carbocycles. The van der Waals surface area contributed by atoms with Gasteiger partial charge in [-0.05, 0) is 43.2 Å². The second-order valence-electron chi connectivity index (χ2n) is 7.46. The molecule has 0 bridgehead atoms. The van der Waals surface area contributed by atoms with Crippen LogP contribution in [0.15, 0.2) is 51.7 Å². The van der Waals surface area contributed by atoms with Crippen molar-refractivity contribution < 1.29 is 17.9 Å². The summed E-state index contributed by atoms with van der Waals surface area (Å²) in [5, 5.41) is 2.80. The number of thiazole rings is 1. The van der Waals surface area contributed by atoms with E-state index in [-0.39, 0.29) is 16.6 Å². The topological polar surface area (TPSA) is 88.6 Å². The summed E-state index contributed by atoms with van der Waals surface area (Å²) >= 11 is 2.89. The first-order valence-corrected chi connectivity index (χ1v) is 13.7. The zero-order chi connectivity index (χ0) is 22.6. The van der Waals surface area contributed by atoms with Crippen molar-refractivity contribution in [1.82, 2.24) is 9.29 Å². The lowest BCUT2D eigenvalue weighted by Crippen LogP contribution is -2.32. The molecule has 10 heteroatoms. The first-order chi connectivity index (χ1) is 15.5. The van der Waals surface area contributed by atoms with Crippen LogP contribution in [0.3, 0.4) is 0 Å². The Morgan fingerprint density at radius 3 is 2.62 bits per heavy atom. The predicted molar refractivity (Wildman–Crippen MR) is 129 cm³/mol. The molecule has 0 unspecified atom stereocenters. The zero-order valence-corrected chi connectivity index (χ0v) is 20.2. The van der Waals surface area contributed by atoms with Crippen LogP contribution in [0, 0.1) is 0 Å². The van der Waals surface area contributed by atoms with Crippen molar-refractivity contribution >= 4 is 54.9 Å². The molecule has 0 radical (unpaired) electrons. The van der Waals surface area contributed by atoms with Gasteiger partial charge in [0.2, 0.25) is 15.9 Å². The summed E-state index contributed by atoms with van der Waals surface area (Å²) < 4.78 is 35.0. The van der Waals surface area contributed by atoms with E-state index in [0.29, 0.717) is 24.5 Å². The number of ether oxygens (including phenoxy) is 1. The summed E-state index contributed by atoms with van der Waals surface area (Å²) in [6.45, 7) is 1.05. The average Bonchev–Trinajstić information content (AvgIpc) is 3.00. The molecule has 1 aromatic heterocycles. The summed E-state index contributed by atoms with van der Waals surface area (Å²) in [7, 11) is -2.14. The number of thioether (sulfide) groups is 1. The fourth-order valence-electron chi connectivity index (χ4n) is 3.60. The molecule has 2 heterocycles. The summed E-state index contributed by atoms with van der Waals surface area (Å²) in [6, 6.07) is 12.4. The van der Waals surface area contributed by atoms with Gasteiger partial charge >= 0.3 is 0 Å². The number of para-hydroxylation sites is 1. The maximum absolute atomic E-state index is 13.1. The Balaban J connectivity index is 1.47. The van der Waals surface area contributed by atoms with Crippen molar-refractivity contribution in [3.8, 4) is 5.75 Å². The Labute approximate surface area is 196 Å². The van der Waals surface area contributed by atoms with Crippen molar-refractivity contribution in [3.05, 3.63) is 42.5 Å². The molecule has 1 aliphatic rings. The number of nitrogens with zero attached hydrogens (tertiary/aromatic N) is 2. The molecule has 1 N–H and O–H groups in total. The lowest BCUT2D eigenvalue weighted by molar-refractivity contribution is -0.113. The van der Waals surface area contributed by atoms with Crippen LogP contribution in [0.5, 0.6) is 5.75 Å². The van der Waals surface area contributed by atoms with E-state index in [1.165, 1.54) is 46.6 Å². The second-order valence-corrected chi connectivity index (χ2v) is 11.7. The smallest absolute Gasteiger partial charge is 0.243 e. The van der Waals surface area contributed by atoms with Crippen LogP contribution in [0.1, 0.15) is 25.7 Å². The van der Waals surface area contributed by atoms with Crippen molar-refractivity contribution in [3.63, 3.8) is 0 Å². The number of anilines is 1. The Morgan fingerprint density at radius 2 is 1.91 bits per heavy atom. The van der Waals surface area contributed by atoms with Gasteiger partial charge in [0.05, 0.1) is 33.7 Å². The number of rotatable bonds is 7. The van der Waals surface area contributed by atoms with Crippen molar-refractivity contribution in [2.45, 2.75) is 34.9 Å². The van der Waals surface area contributed by atoms with E-state index in [1.807, 2.05) is 24.3 Å². The lowest BCUT2D eigenvalue weighted by Gasteiger charge is -2.21. The van der Waals surface area contributed by atoms with Gasteiger partial charge in [0.1, 0.15) is 5.75 Å². The van der Waals surface area contributed by atoms with Gasteiger partial charge in [-0.3, -0.25) is 4.79 Å². The minimum atomic E-state index is -3.63. The predicted octanol–water partition coefficient (Wildman–Crippen LogP) is 4.60. The van der Waals surface area contributed by atoms with Crippen LogP contribution >= 0.6 is 23.1 Å². The molecule has 7 nitrogen and oxygen atoms in total. The first-order valence-electron chi connectivity index (χ1n) is 10.4. The number of amides is 1. The monoisotopic (exact) mass is 491 g/mol. The molecular formula is C22H25N3O4S3. The molecule has 0 aliphatic carbocycles. The SMILES string of the molecule is COc1ccc(S(=O)(=O)N2CCCCCC2)cc1NC(=O)CSc1nc2ccccc2s1. The number of aromatic nitrogens is 1. The van der Waals surface area contributed by atoms with E-state index in [2.05, 4.69) is 10.3 Å². The molecule has 3 aromatic rings. The molecule has 0 saturated carbocycles. The average molecular weight is 492 g/mol. The molecule has 1 fully saturated rings. The fourth-order valence-corrected chi connectivity index (χ4v) is 7.01. The van der Waals surface area contributed by atoms with E-state index in [1.54, 1.807) is 6.07 Å². The van der Waals surface area contributed by atoms with Gasteiger partial charge < -0.3 is 10.1 Å². The van der Waals surface area contributed by atoms with Crippen LogP contribution in [-0.2, 0) is 14.8 Å². The number of carbonyl (C=O) groups excluding carboxylic acids is 1. The van der Waals surface area contributed by atoms with Crippen LogP contribution in [0.4, 0.5) is 5.69 Å². The number of methoxy groups -OCH3 is 1. The Kier molecular flexibility index (Phi) is 7.34. The number of nitrogens with one attached hydrogen (secondary N) is 1. The highest BCUT2D eigenvalue weighted by Gasteiger charge is 2.26. The fraction of sp³-hybridized carbons (Fsp3) is 0.364. The maximum Gasteiger partial charge on any atom is 0.243 e. The highest BCUT2D eigenvalue weighted by molar-refractivity contribution is 8.01. The third-order valence-corrected chi connectivity index (χ3v) is 9.32. The van der Waals surface area contributed by atoms with E-state index >= 15 is 0 Å². The van der Waals surface area contributed by atoms with Gasteiger partial charge in [-0.25, -0.2) is 13.4 Å². The van der Waals surface area contributed by atoms with Crippen molar-refractivity contribution in [2.24, 2.45) is 0 Å². The number of carbonyl (C=O) groups is 1. The van der Waals surface area contributed by atoms with Crippen LogP contribution in [-0.4, -0.2) is 49.6 Å². The van der Waals surface area contributed by atoms with E-state index in [9.17, 15) is 13.2 Å². The van der Waals surface area contributed by atoms with Gasteiger partial charge in [0.15, 0.2) is 4.34 Å². The van der Waals surface area contributed by atoms with Gasteiger partial charge in [0.25, 0.3) is 0 Å². The van der Waals surface area contributed by atoms with Crippen LogP contribution in [0.25, 0.3) is 10.2 Å². The van der Waals surface area contributed by atoms with E-state index in [4.69, 9.17) is 4.74 Å². The van der Waals surface area contributed by atoms with Gasteiger partial charge in [0, 0.05) is 13.1 Å². The van der Waals surface area contributed by atoms with Gasteiger partial charge in [-0.1, -0.05) is 36.7 Å². The molecule has 32 heavy (non-hydrogen) atoms. The highest BCUT2D eigenvalue weighted by atomic mass is 32.2. The molecular weight excluding hydrogens is 466 g/mol. The molecule has 1 aliphatic heterocycles. The van der Waals surface area contributed by atoms with E-state index in [0.717, 1.165) is 40.2 Å². The number of hydrogen-bond acceptors (Lipinski definition) is 7. The quantitative estimate of drug-likeness (QED) is 0.486. The number of fused-ring (bicyclic) bond motifs is 1. The summed E-state index contributed by atoms with van der Waals surface area (Å²) in [5.41, 5.74) is 1.26. The van der Waals surface area contributed by atoms with Crippen molar-refractivity contribution in [2.75, 3.05) is 31.3 Å². The molecule has 0 spiro atoms. The van der Waals surface area contributed by atoms with Crippen molar-refractivity contribution in [1.29, 1.82) is 0 Å². The number of benzene rings is 2.